The zero-order chi connectivity index (χ0) is 15.3. The molecule has 1 N–H and O–H groups in total. The van der Waals surface area contributed by atoms with Crippen molar-refractivity contribution in [2.75, 3.05) is 0 Å². The lowest BCUT2D eigenvalue weighted by molar-refractivity contribution is 0.0860. The number of carbonyl (C=O) groups excluding carboxylic acids is 1. The molecule has 114 valence electrons. The van der Waals surface area contributed by atoms with E-state index in [1.807, 2.05) is 13.8 Å². The normalized spacial score (nSPS) is 13.3. The maximum absolute atomic E-state index is 12.4. The molecule has 0 saturated carbocycles. The third-order valence-electron chi connectivity index (χ3n) is 4.94. The van der Waals surface area contributed by atoms with Gasteiger partial charge in [-0.25, -0.2) is 0 Å². The van der Waals surface area contributed by atoms with E-state index in [0.717, 1.165) is 37.0 Å². The molecule has 1 rings (SSSR count). The van der Waals surface area contributed by atoms with Gasteiger partial charge in [-0.15, -0.1) is 0 Å². The molecule has 0 saturated heterocycles. The van der Waals surface area contributed by atoms with Gasteiger partial charge in [0.2, 0.25) is 0 Å². The highest BCUT2D eigenvalue weighted by atomic mass is 16.5. The van der Waals surface area contributed by atoms with Crippen LogP contribution in [0.2, 0.25) is 0 Å². The van der Waals surface area contributed by atoms with Crippen molar-refractivity contribution in [2.24, 2.45) is 5.41 Å². The Morgan fingerprint density at radius 3 is 2.20 bits per heavy atom. The maximum Gasteiger partial charge on any atom is 0.273 e. The van der Waals surface area contributed by atoms with Crippen LogP contribution in [-0.2, 0) is 6.42 Å². The van der Waals surface area contributed by atoms with Crippen molar-refractivity contribution in [3.8, 4) is 0 Å². The molecule has 0 fully saturated rings. The fourth-order valence-electron chi connectivity index (χ4n) is 3.00. The van der Waals surface area contributed by atoms with Crippen LogP contribution in [0.1, 0.15) is 75.7 Å². The SMILES string of the molecule is CCc1onc(C(=O)NC(C)C(CC)(CC)CC)c1C. The Kier molecular flexibility index (Phi) is 5.78. The van der Waals surface area contributed by atoms with Crippen molar-refractivity contribution in [1.82, 2.24) is 10.5 Å². The minimum atomic E-state index is -0.127. The molecule has 0 aromatic carbocycles. The molecule has 4 nitrogen and oxygen atoms in total. The van der Waals surface area contributed by atoms with E-state index in [2.05, 4.69) is 38.2 Å². The fourth-order valence-corrected chi connectivity index (χ4v) is 3.00. The van der Waals surface area contributed by atoms with Crippen molar-refractivity contribution in [1.29, 1.82) is 0 Å². The Morgan fingerprint density at radius 2 is 1.80 bits per heavy atom. The smallest absolute Gasteiger partial charge is 0.273 e. The quantitative estimate of drug-likeness (QED) is 0.824. The zero-order valence-corrected chi connectivity index (χ0v) is 13.7. The average molecular weight is 280 g/mol. The topological polar surface area (TPSA) is 55.1 Å². The van der Waals surface area contributed by atoms with Crippen molar-refractivity contribution < 1.29 is 9.32 Å². The van der Waals surface area contributed by atoms with Gasteiger partial charge in [-0.3, -0.25) is 4.79 Å². The summed E-state index contributed by atoms with van der Waals surface area (Å²) in [5.74, 6) is 0.661. The van der Waals surface area contributed by atoms with Crippen molar-refractivity contribution in [3.63, 3.8) is 0 Å². The zero-order valence-electron chi connectivity index (χ0n) is 13.7. The Morgan fingerprint density at radius 1 is 1.25 bits per heavy atom. The number of aromatic nitrogens is 1. The highest BCUT2D eigenvalue weighted by molar-refractivity contribution is 5.93. The number of hydrogen-bond acceptors (Lipinski definition) is 3. The number of aryl methyl sites for hydroxylation is 1. The first kappa shape index (κ1) is 16.7. The molecule has 1 atom stereocenters. The number of carbonyl (C=O) groups is 1. The highest BCUT2D eigenvalue weighted by Gasteiger charge is 2.32. The Balaban J connectivity index is 2.86. The second-order valence-electron chi connectivity index (χ2n) is 5.55. The third kappa shape index (κ3) is 3.05. The summed E-state index contributed by atoms with van der Waals surface area (Å²) in [6.07, 6.45) is 3.92. The lowest BCUT2D eigenvalue weighted by Gasteiger charge is -2.37. The van der Waals surface area contributed by atoms with Crippen molar-refractivity contribution >= 4 is 5.91 Å². The van der Waals surface area contributed by atoms with Crippen LogP contribution < -0.4 is 5.32 Å². The van der Waals surface area contributed by atoms with Crippen LogP contribution in [-0.4, -0.2) is 17.1 Å². The summed E-state index contributed by atoms with van der Waals surface area (Å²) in [6, 6.07) is 0.121. The lowest BCUT2D eigenvalue weighted by atomic mass is 9.74. The molecular weight excluding hydrogens is 252 g/mol. The summed E-state index contributed by atoms with van der Waals surface area (Å²) >= 11 is 0. The third-order valence-corrected chi connectivity index (χ3v) is 4.94. The first-order chi connectivity index (χ1) is 9.45. The van der Waals surface area contributed by atoms with E-state index in [-0.39, 0.29) is 17.4 Å². The minimum Gasteiger partial charge on any atom is -0.360 e. The van der Waals surface area contributed by atoms with Crippen molar-refractivity contribution in [3.05, 3.63) is 17.0 Å². The molecule has 0 aliphatic heterocycles. The summed E-state index contributed by atoms with van der Waals surface area (Å²) in [4.78, 5) is 12.4. The van der Waals surface area contributed by atoms with Crippen LogP contribution >= 0.6 is 0 Å². The minimum absolute atomic E-state index is 0.121. The number of nitrogens with one attached hydrogen (secondary N) is 1. The molecule has 1 unspecified atom stereocenters. The molecule has 1 amide bonds. The van der Waals surface area contributed by atoms with Gasteiger partial charge in [0.1, 0.15) is 5.76 Å². The van der Waals surface area contributed by atoms with Gasteiger partial charge in [0.25, 0.3) is 5.91 Å². The van der Waals surface area contributed by atoms with Gasteiger partial charge in [0.15, 0.2) is 5.69 Å². The first-order valence-corrected chi connectivity index (χ1v) is 7.71. The first-order valence-electron chi connectivity index (χ1n) is 7.71. The predicted octanol–water partition coefficient (Wildman–Crippen LogP) is 3.88. The van der Waals surface area contributed by atoms with Crippen LogP contribution in [0.5, 0.6) is 0 Å². The van der Waals surface area contributed by atoms with Gasteiger partial charge in [0, 0.05) is 18.0 Å². The maximum atomic E-state index is 12.4. The summed E-state index contributed by atoms with van der Waals surface area (Å²) in [6.45, 7) is 12.5. The summed E-state index contributed by atoms with van der Waals surface area (Å²) < 4.78 is 5.20. The molecule has 0 radical (unpaired) electrons. The van der Waals surface area contributed by atoms with E-state index in [4.69, 9.17) is 4.52 Å². The van der Waals surface area contributed by atoms with Gasteiger partial charge in [-0.1, -0.05) is 32.9 Å². The van der Waals surface area contributed by atoms with Crippen LogP contribution in [0.4, 0.5) is 0 Å². The van der Waals surface area contributed by atoms with Gasteiger partial charge < -0.3 is 9.84 Å². The standard InChI is InChI=1S/C16H28N2O2/c1-7-13-11(5)14(18-20-13)15(19)17-12(6)16(8-2,9-3)10-4/h12H,7-10H2,1-6H3,(H,17,19). The van der Waals surface area contributed by atoms with Crippen LogP contribution in [0.15, 0.2) is 4.52 Å². The molecule has 0 spiro atoms. The van der Waals surface area contributed by atoms with E-state index < -0.39 is 0 Å². The number of amides is 1. The molecule has 4 heteroatoms. The van der Waals surface area contributed by atoms with Gasteiger partial charge in [-0.05, 0) is 38.5 Å². The van der Waals surface area contributed by atoms with Gasteiger partial charge in [0.05, 0.1) is 0 Å². The van der Waals surface area contributed by atoms with E-state index in [9.17, 15) is 4.79 Å². The number of hydrogen-bond donors (Lipinski definition) is 1. The molecule has 0 aliphatic rings. The summed E-state index contributed by atoms with van der Waals surface area (Å²) in [7, 11) is 0. The van der Waals surface area contributed by atoms with E-state index >= 15 is 0 Å². The number of rotatable bonds is 7. The number of nitrogens with zero attached hydrogens (tertiary/aromatic N) is 1. The molecule has 1 aromatic heterocycles. The van der Waals surface area contributed by atoms with Crippen LogP contribution in [0, 0.1) is 12.3 Å². The Labute approximate surface area is 122 Å². The summed E-state index contributed by atoms with van der Waals surface area (Å²) in [5.41, 5.74) is 1.43. The molecule has 0 aliphatic carbocycles. The largest absolute Gasteiger partial charge is 0.360 e. The Hall–Kier alpha value is -1.32. The van der Waals surface area contributed by atoms with Crippen molar-refractivity contribution in [2.45, 2.75) is 73.3 Å². The fraction of sp³-hybridized carbons (Fsp3) is 0.750. The molecular formula is C16H28N2O2. The Bertz CT molecular complexity index is 439. The second kappa shape index (κ2) is 6.91. The molecule has 20 heavy (non-hydrogen) atoms. The summed E-state index contributed by atoms with van der Waals surface area (Å²) in [5, 5.41) is 7.02. The van der Waals surface area contributed by atoms with Crippen LogP contribution in [0.25, 0.3) is 0 Å². The van der Waals surface area contributed by atoms with E-state index in [0.29, 0.717) is 5.69 Å². The van der Waals surface area contributed by atoms with Crippen LogP contribution in [0.3, 0.4) is 0 Å². The van der Waals surface area contributed by atoms with Gasteiger partial charge in [-0.2, -0.15) is 0 Å². The molecule has 0 bridgehead atoms. The van der Waals surface area contributed by atoms with E-state index in [1.165, 1.54) is 0 Å². The lowest BCUT2D eigenvalue weighted by Crippen LogP contribution is -2.45. The highest BCUT2D eigenvalue weighted by Crippen LogP contribution is 2.34. The molecule has 1 aromatic rings. The van der Waals surface area contributed by atoms with E-state index in [1.54, 1.807) is 0 Å². The average Bonchev–Trinajstić information content (AvgIpc) is 2.82. The predicted molar refractivity (Wildman–Crippen MR) is 80.9 cm³/mol. The monoisotopic (exact) mass is 280 g/mol. The molecule has 1 heterocycles. The second-order valence-corrected chi connectivity index (χ2v) is 5.55. The van der Waals surface area contributed by atoms with Gasteiger partial charge >= 0.3 is 0 Å².